The lowest BCUT2D eigenvalue weighted by atomic mass is 10.0. The molecule has 2 aromatic heterocycles. The zero-order valence-corrected chi connectivity index (χ0v) is 23.9. The number of aromatic nitrogens is 4. The Bertz CT molecular complexity index is 1380. The van der Waals surface area contributed by atoms with Crippen LogP contribution in [0.15, 0.2) is 36.7 Å². The van der Waals surface area contributed by atoms with Crippen molar-refractivity contribution in [2.75, 3.05) is 12.3 Å². The third-order valence-corrected chi connectivity index (χ3v) is 8.12. The quantitative estimate of drug-likeness (QED) is 0.134. The number of ether oxygens (including phenoxy) is 2. The summed E-state index contributed by atoms with van der Waals surface area (Å²) < 4.78 is 37.8. The Kier molecular flexibility index (Phi) is 8.72. The van der Waals surface area contributed by atoms with Gasteiger partial charge in [0.2, 0.25) is 5.95 Å². The van der Waals surface area contributed by atoms with Crippen molar-refractivity contribution in [2.45, 2.75) is 63.2 Å². The maximum Gasteiger partial charge on any atom is 0.459 e. The molecule has 0 saturated carbocycles. The SMILES string of the molecule is CC(C)OC(=O)[C@H](C)N[P@](=O)(OC[C@H]1O[C@@H](n2cnc3c(Cl)nc(N)nc32)[C@](C)(Cl)[C@@H]1O)Oc1ccccc1. The number of alkyl halides is 1. The van der Waals surface area contributed by atoms with Crippen LogP contribution in [0.1, 0.15) is 33.9 Å². The number of para-hydroxylation sites is 1. The molecule has 6 atom stereocenters. The molecule has 3 heterocycles. The molecule has 0 amide bonds. The Morgan fingerprint density at radius 2 is 2.00 bits per heavy atom. The maximum atomic E-state index is 13.8. The topological polar surface area (TPSA) is 173 Å². The van der Waals surface area contributed by atoms with Gasteiger partial charge >= 0.3 is 13.7 Å². The molecule has 1 aliphatic heterocycles. The second-order valence-electron chi connectivity index (χ2n) is 9.35. The smallest absolute Gasteiger partial charge is 0.459 e. The number of carbonyl (C=O) groups excluding carboxylic acids is 1. The van der Waals surface area contributed by atoms with Crippen molar-refractivity contribution in [3.63, 3.8) is 0 Å². The molecule has 0 aliphatic carbocycles. The number of anilines is 1. The predicted molar refractivity (Wildman–Crippen MR) is 143 cm³/mol. The highest BCUT2D eigenvalue weighted by molar-refractivity contribution is 7.52. The summed E-state index contributed by atoms with van der Waals surface area (Å²) in [6, 6.07) is 7.22. The number of aliphatic hydroxyl groups is 1. The molecule has 13 nitrogen and oxygen atoms in total. The van der Waals surface area contributed by atoms with Crippen LogP contribution in [0.2, 0.25) is 5.15 Å². The minimum atomic E-state index is -4.21. The molecule has 4 rings (SSSR count). The number of hydrogen-bond acceptors (Lipinski definition) is 11. The van der Waals surface area contributed by atoms with Crippen LogP contribution in [0.25, 0.3) is 11.2 Å². The molecule has 212 valence electrons. The number of hydrogen-bond donors (Lipinski definition) is 3. The van der Waals surface area contributed by atoms with Crippen molar-refractivity contribution in [2.24, 2.45) is 0 Å². The summed E-state index contributed by atoms with van der Waals surface area (Å²) in [4.78, 5) is 23.2. The Balaban J connectivity index is 1.55. The molecule has 0 spiro atoms. The van der Waals surface area contributed by atoms with E-state index in [0.29, 0.717) is 0 Å². The fraction of sp³-hybridized carbons (Fsp3) is 0.478. The number of esters is 1. The van der Waals surface area contributed by atoms with Gasteiger partial charge in [-0.15, -0.1) is 11.6 Å². The molecule has 1 fully saturated rings. The first kappa shape index (κ1) is 29.5. The summed E-state index contributed by atoms with van der Waals surface area (Å²) >= 11 is 12.9. The van der Waals surface area contributed by atoms with Crippen molar-refractivity contribution in [3.8, 4) is 5.75 Å². The molecule has 1 saturated heterocycles. The second-order valence-corrected chi connectivity index (χ2v) is 12.2. The minimum absolute atomic E-state index is 0.0427. The Morgan fingerprint density at radius 3 is 2.67 bits per heavy atom. The molecule has 16 heteroatoms. The van der Waals surface area contributed by atoms with Crippen LogP contribution in [0, 0.1) is 0 Å². The number of halogens is 2. The Labute approximate surface area is 234 Å². The summed E-state index contributed by atoms with van der Waals surface area (Å²) in [7, 11) is -4.21. The lowest BCUT2D eigenvalue weighted by Gasteiger charge is -2.26. The van der Waals surface area contributed by atoms with E-state index in [9.17, 15) is 14.5 Å². The lowest BCUT2D eigenvalue weighted by molar-refractivity contribution is -0.149. The first-order valence-electron chi connectivity index (χ1n) is 12.0. The van der Waals surface area contributed by atoms with Crippen LogP contribution >= 0.6 is 30.9 Å². The Hall–Kier alpha value is -2.51. The van der Waals surface area contributed by atoms with Gasteiger partial charge in [-0.25, -0.2) is 9.55 Å². The molecule has 0 radical (unpaired) electrons. The molecular weight excluding hydrogens is 574 g/mol. The first-order chi connectivity index (χ1) is 18.3. The summed E-state index contributed by atoms with van der Waals surface area (Å²) in [5.41, 5.74) is 6.26. The average Bonchev–Trinajstić information content (AvgIpc) is 3.36. The van der Waals surface area contributed by atoms with E-state index in [2.05, 4.69) is 20.0 Å². The normalized spacial score (nSPS) is 25.5. The van der Waals surface area contributed by atoms with Crippen LogP contribution in [0.3, 0.4) is 0 Å². The summed E-state index contributed by atoms with van der Waals surface area (Å²) in [5.74, 6) is -0.508. The van der Waals surface area contributed by atoms with Gasteiger partial charge in [-0.1, -0.05) is 29.8 Å². The second kappa shape index (κ2) is 11.5. The first-order valence-corrected chi connectivity index (χ1v) is 14.3. The van der Waals surface area contributed by atoms with Crippen LogP contribution in [0.5, 0.6) is 5.75 Å². The average molecular weight is 603 g/mol. The van der Waals surface area contributed by atoms with Gasteiger partial charge in [-0.05, 0) is 39.8 Å². The van der Waals surface area contributed by atoms with Crippen LogP contribution in [-0.2, 0) is 23.4 Å². The van der Waals surface area contributed by atoms with Gasteiger partial charge in [0.15, 0.2) is 17.0 Å². The van der Waals surface area contributed by atoms with E-state index in [1.165, 1.54) is 17.8 Å². The molecular formula is C23H29Cl2N6O7P. The van der Waals surface area contributed by atoms with E-state index < -0.39 is 49.7 Å². The van der Waals surface area contributed by atoms with Gasteiger partial charge in [-0.2, -0.15) is 15.1 Å². The fourth-order valence-electron chi connectivity index (χ4n) is 3.93. The summed E-state index contributed by atoms with van der Waals surface area (Å²) in [6.45, 7) is 5.98. The van der Waals surface area contributed by atoms with Crippen molar-refractivity contribution in [3.05, 3.63) is 41.8 Å². The molecule has 1 aromatic carbocycles. The van der Waals surface area contributed by atoms with Gasteiger partial charge in [0.05, 0.1) is 19.0 Å². The van der Waals surface area contributed by atoms with Gasteiger partial charge in [0.25, 0.3) is 0 Å². The number of aliphatic hydroxyl groups excluding tert-OH is 1. The number of benzene rings is 1. The van der Waals surface area contributed by atoms with Crippen LogP contribution in [0.4, 0.5) is 5.95 Å². The van der Waals surface area contributed by atoms with E-state index in [4.69, 9.17) is 47.5 Å². The molecule has 4 N–H and O–H groups in total. The zero-order chi connectivity index (χ0) is 28.5. The molecule has 0 bridgehead atoms. The van der Waals surface area contributed by atoms with Gasteiger partial charge in [0.1, 0.15) is 34.4 Å². The molecule has 1 aliphatic rings. The standard InChI is InChI=1S/C23H29Cl2N6O7P/c1-12(2)36-20(33)13(3)30-39(34,38-14-8-6-5-7-9-14)35-10-15-17(32)23(4,25)21(37-15)31-11-27-16-18(24)28-22(26)29-19(16)31/h5-9,11-13,15,17,21,32H,10H2,1-4H3,(H,30,34)(H2,26,28,29)/t13-,15+,17+,21+,23+,39-/m0/s1. The van der Waals surface area contributed by atoms with Crippen molar-refractivity contribution >= 4 is 54.0 Å². The van der Waals surface area contributed by atoms with Gasteiger partial charge in [-0.3, -0.25) is 13.9 Å². The van der Waals surface area contributed by atoms with Gasteiger partial charge in [0, 0.05) is 0 Å². The van der Waals surface area contributed by atoms with Crippen molar-refractivity contribution in [1.29, 1.82) is 0 Å². The van der Waals surface area contributed by atoms with Crippen LogP contribution < -0.4 is 15.3 Å². The third kappa shape index (κ3) is 6.46. The highest BCUT2D eigenvalue weighted by Crippen LogP contribution is 2.48. The van der Waals surface area contributed by atoms with Crippen LogP contribution in [-0.4, -0.2) is 66.4 Å². The van der Waals surface area contributed by atoms with E-state index in [1.54, 1.807) is 51.1 Å². The molecule has 39 heavy (non-hydrogen) atoms. The maximum absolute atomic E-state index is 13.8. The highest BCUT2D eigenvalue weighted by atomic mass is 35.5. The van der Waals surface area contributed by atoms with Gasteiger partial charge < -0.3 is 24.8 Å². The zero-order valence-electron chi connectivity index (χ0n) is 21.5. The fourth-order valence-corrected chi connectivity index (χ4v) is 5.95. The van der Waals surface area contributed by atoms with E-state index >= 15 is 0 Å². The number of fused-ring (bicyclic) bond motifs is 1. The number of nitrogens with two attached hydrogens (primary N) is 1. The van der Waals surface area contributed by atoms with Crippen molar-refractivity contribution in [1.82, 2.24) is 24.6 Å². The van der Waals surface area contributed by atoms with E-state index in [-0.39, 0.29) is 34.1 Å². The third-order valence-electron chi connectivity index (χ3n) is 5.80. The monoisotopic (exact) mass is 602 g/mol. The van der Waals surface area contributed by atoms with Crippen molar-refractivity contribution < 1.29 is 33.0 Å². The Morgan fingerprint density at radius 1 is 1.31 bits per heavy atom. The number of rotatable bonds is 10. The number of nitrogens with zero attached hydrogens (tertiary/aromatic N) is 4. The summed E-state index contributed by atoms with van der Waals surface area (Å²) in [5, 5.41) is 13.7. The van der Waals surface area contributed by atoms with E-state index in [0.717, 1.165) is 0 Å². The lowest BCUT2D eigenvalue weighted by Crippen LogP contribution is -2.40. The number of imidazole rings is 1. The molecule has 0 unspecified atom stereocenters. The van der Waals surface area contributed by atoms with E-state index in [1.807, 2.05) is 0 Å². The minimum Gasteiger partial charge on any atom is -0.462 e. The highest BCUT2D eigenvalue weighted by Gasteiger charge is 2.54. The number of nitrogen functional groups attached to an aromatic ring is 1. The molecule has 3 aromatic rings. The summed E-state index contributed by atoms with van der Waals surface area (Å²) in [6.07, 6.45) is -2.37. The predicted octanol–water partition coefficient (Wildman–Crippen LogP) is 3.45. The number of nitrogens with one attached hydrogen (secondary N) is 1. The number of carbonyl (C=O) groups is 1. The largest absolute Gasteiger partial charge is 0.462 e.